The number of halogens is 3. The van der Waals surface area contributed by atoms with Crippen molar-refractivity contribution in [1.29, 1.82) is 0 Å². The molecule has 0 fully saturated rings. The van der Waals surface area contributed by atoms with Crippen molar-refractivity contribution in [3.63, 3.8) is 0 Å². The summed E-state index contributed by atoms with van der Waals surface area (Å²) in [6.45, 7) is 0. The van der Waals surface area contributed by atoms with Gasteiger partial charge >= 0.3 is 5.97 Å². The van der Waals surface area contributed by atoms with Gasteiger partial charge in [0.05, 0.1) is 10.6 Å². The molecule has 0 aliphatic carbocycles. The number of nitrogens with zero attached hydrogens (tertiary/aromatic N) is 1. The summed E-state index contributed by atoms with van der Waals surface area (Å²) in [5, 5.41) is 4.84. The highest BCUT2D eigenvalue weighted by atomic mass is 35.5. The fourth-order valence-electron chi connectivity index (χ4n) is 1.65. The van der Waals surface area contributed by atoms with Gasteiger partial charge in [0.1, 0.15) is 5.84 Å². The van der Waals surface area contributed by atoms with Gasteiger partial charge in [0.2, 0.25) is 0 Å². The highest BCUT2D eigenvalue weighted by Gasteiger charge is 2.12. The number of benzene rings is 2. The van der Waals surface area contributed by atoms with E-state index in [0.717, 1.165) is 5.56 Å². The third kappa shape index (κ3) is 4.63. The van der Waals surface area contributed by atoms with Gasteiger partial charge in [-0.1, -0.05) is 52.1 Å². The second-order valence-electron chi connectivity index (χ2n) is 4.39. The molecule has 0 spiro atoms. The minimum absolute atomic E-state index is 0.153. The van der Waals surface area contributed by atoms with Crippen LogP contribution < -0.4 is 5.73 Å². The summed E-state index contributed by atoms with van der Waals surface area (Å²) >= 11 is 17.5. The van der Waals surface area contributed by atoms with Crippen molar-refractivity contribution in [1.82, 2.24) is 0 Å². The maximum Gasteiger partial charge on any atom is 0.367 e. The van der Waals surface area contributed by atoms with Crippen LogP contribution in [-0.2, 0) is 11.3 Å². The highest BCUT2D eigenvalue weighted by Crippen LogP contribution is 2.21. The molecule has 114 valence electrons. The molecule has 0 bridgehead atoms. The van der Waals surface area contributed by atoms with Crippen molar-refractivity contribution in [2.75, 3.05) is 0 Å². The number of carbonyl (C=O) groups is 1. The summed E-state index contributed by atoms with van der Waals surface area (Å²) in [5.74, 6) is -0.554. The van der Waals surface area contributed by atoms with Gasteiger partial charge in [0.25, 0.3) is 0 Å². The van der Waals surface area contributed by atoms with Crippen molar-refractivity contribution in [3.05, 3.63) is 68.7 Å². The monoisotopic (exact) mass is 356 g/mol. The molecule has 7 heteroatoms. The Hall–Kier alpha value is -1.75. The Balaban J connectivity index is 2.00. The quantitative estimate of drug-likeness (QED) is 0.383. The first-order valence-corrected chi connectivity index (χ1v) is 7.32. The van der Waals surface area contributed by atoms with E-state index < -0.39 is 5.97 Å². The predicted molar refractivity (Wildman–Crippen MR) is 88.7 cm³/mol. The zero-order valence-electron chi connectivity index (χ0n) is 11.2. The fourth-order valence-corrected chi connectivity index (χ4v) is 2.26. The topological polar surface area (TPSA) is 64.7 Å². The molecule has 2 aromatic rings. The van der Waals surface area contributed by atoms with Gasteiger partial charge in [-0.15, -0.1) is 0 Å². The van der Waals surface area contributed by atoms with Crippen LogP contribution in [0.1, 0.15) is 15.9 Å². The van der Waals surface area contributed by atoms with Crippen LogP contribution in [0.2, 0.25) is 15.1 Å². The lowest BCUT2D eigenvalue weighted by Gasteiger charge is -2.03. The lowest BCUT2D eigenvalue weighted by atomic mass is 10.1. The first-order chi connectivity index (χ1) is 10.5. The molecule has 0 aliphatic rings. The zero-order chi connectivity index (χ0) is 16.1. The molecule has 0 aromatic heterocycles. The normalized spacial score (nSPS) is 11.3. The molecule has 0 aliphatic heterocycles. The van der Waals surface area contributed by atoms with Crippen LogP contribution in [0, 0.1) is 0 Å². The minimum Gasteiger partial charge on any atom is -0.384 e. The number of hydrogen-bond donors (Lipinski definition) is 1. The Bertz CT molecular complexity index is 715. The van der Waals surface area contributed by atoms with Crippen molar-refractivity contribution >= 4 is 46.6 Å². The summed E-state index contributed by atoms with van der Waals surface area (Å²) in [4.78, 5) is 16.6. The van der Waals surface area contributed by atoms with E-state index in [2.05, 4.69) is 5.16 Å². The van der Waals surface area contributed by atoms with Gasteiger partial charge in [-0.05, 0) is 35.9 Å². The van der Waals surface area contributed by atoms with Crippen molar-refractivity contribution in [3.8, 4) is 0 Å². The lowest BCUT2D eigenvalue weighted by Crippen LogP contribution is -2.16. The third-order valence-electron chi connectivity index (χ3n) is 2.70. The van der Waals surface area contributed by atoms with Crippen LogP contribution in [-0.4, -0.2) is 11.8 Å². The van der Waals surface area contributed by atoms with E-state index in [0.29, 0.717) is 16.5 Å². The second-order valence-corrected chi connectivity index (χ2v) is 5.67. The maximum atomic E-state index is 11.8. The number of rotatable bonds is 4. The fraction of sp³-hybridized carbons (Fsp3) is 0.0667. The number of oxime groups is 1. The van der Waals surface area contributed by atoms with E-state index >= 15 is 0 Å². The molecule has 0 saturated carbocycles. The second kappa shape index (κ2) is 7.49. The average molecular weight is 358 g/mol. The smallest absolute Gasteiger partial charge is 0.367 e. The number of nitrogens with two attached hydrogens (primary N) is 1. The van der Waals surface area contributed by atoms with E-state index in [1.54, 1.807) is 12.1 Å². The molecular weight excluding hydrogens is 347 g/mol. The molecule has 2 rings (SSSR count). The number of carbonyl (C=O) groups excluding carboxylic acids is 1. The average Bonchev–Trinajstić information content (AvgIpc) is 2.47. The molecular formula is C15H11Cl3N2O2. The van der Waals surface area contributed by atoms with Crippen LogP contribution >= 0.6 is 34.8 Å². The molecule has 0 atom stereocenters. The van der Waals surface area contributed by atoms with Gasteiger partial charge in [0.15, 0.2) is 0 Å². The van der Waals surface area contributed by atoms with Gasteiger partial charge in [-0.3, -0.25) is 0 Å². The van der Waals surface area contributed by atoms with Crippen molar-refractivity contribution in [2.45, 2.75) is 6.42 Å². The summed E-state index contributed by atoms with van der Waals surface area (Å²) in [7, 11) is 0. The van der Waals surface area contributed by atoms with E-state index in [9.17, 15) is 4.79 Å². The highest BCUT2D eigenvalue weighted by molar-refractivity contribution is 6.36. The van der Waals surface area contributed by atoms with Crippen molar-refractivity contribution < 1.29 is 9.63 Å². The van der Waals surface area contributed by atoms with Crippen LogP contribution in [0.4, 0.5) is 0 Å². The summed E-state index contributed by atoms with van der Waals surface area (Å²) in [5.41, 5.74) is 6.77. The van der Waals surface area contributed by atoms with Crippen LogP contribution in [0.15, 0.2) is 47.6 Å². The summed E-state index contributed by atoms with van der Waals surface area (Å²) in [6.07, 6.45) is 0.332. The first kappa shape index (κ1) is 16.6. The summed E-state index contributed by atoms with van der Waals surface area (Å²) < 4.78 is 0. The molecule has 0 radical (unpaired) electrons. The Morgan fingerprint density at radius 2 is 1.68 bits per heavy atom. The first-order valence-electron chi connectivity index (χ1n) is 6.19. The molecule has 2 aromatic carbocycles. The molecule has 2 N–H and O–H groups in total. The molecule has 0 unspecified atom stereocenters. The van der Waals surface area contributed by atoms with Gasteiger partial charge in [0, 0.05) is 16.5 Å². The largest absolute Gasteiger partial charge is 0.384 e. The molecule has 4 nitrogen and oxygen atoms in total. The number of amidine groups is 1. The molecule has 0 saturated heterocycles. The lowest BCUT2D eigenvalue weighted by molar-refractivity contribution is 0.0515. The van der Waals surface area contributed by atoms with E-state index in [4.69, 9.17) is 45.4 Å². The Kier molecular flexibility index (Phi) is 5.66. The molecule has 0 amide bonds. The number of hydrogen-bond acceptors (Lipinski definition) is 3. The molecule has 0 heterocycles. The van der Waals surface area contributed by atoms with Crippen LogP contribution in [0.25, 0.3) is 0 Å². The predicted octanol–water partition coefficient (Wildman–Crippen LogP) is 4.32. The molecule has 22 heavy (non-hydrogen) atoms. The Morgan fingerprint density at radius 1 is 1.05 bits per heavy atom. The Morgan fingerprint density at radius 3 is 2.32 bits per heavy atom. The van der Waals surface area contributed by atoms with Gasteiger partial charge < -0.3 is 10.6 Å². The van der Waals surface area contributed by atoms with Crippen molar-refractivity contribution in [2.24, 2.45) is 10.9 Å². The minimum atomic E-state index is -0.708. The van der Waals surface area contributed by atoms with E-state index in [1.165, 1.54) is 18.2 Å². The van der Waals surface area contributed by atoms with Crippen LogP contribution in [0.5, 0.6) is 0 Å². The SMILES string of the molecule is N/C(Cc1ccc(Cl)cc1)=N/OC(=O)c1ccc(Cl)cc1Cl. The Labute approximate surface area is 142 Å². The van der Waals surface area contributed by atoms with Gasteiger partial charge in [-0.2, -0.15) is 0 Å². The third-order valence-corrected chi connectivity index (χ3v) is 3.50. The maximum absolute atomic E-state index is 11.8. The standard InChI is InChI=1S/C15H11Cl3N2O2/c16-10-3-1-9(2-4-10)7-14(19)20-22-15(21)12-6-5-11(17)8-13(12)18/h1-6,8H,7H2,(H2,19,20). The van der Waals surface area contributed by atoms with Crippen LogP contribution in [0.3, 0.4) is 0 Å². The summed E-state index contributed by atoms with van der Waals surface area (Å²) in [6, 6.07) is 11.5. The van der Waals surface area contributed by atoms with E-state index in [1.807, 2.05) is 12.1 Å². The zero-order valence-corrected chi connectivity index (χ0v) is 13.5. The van der Waals surface area contributed by atoms with Gasteiger partial charge in [-0.25, -0.2) is 4.79 Å². The van der Waals surface area contributed by atoms with E-state index in [-0.39, 0.29) is 16.4 Å².